The van der Waals surface area contributed by atoms with Gasteiger partial charge in [0.05, 0.1) is 17.2 Å². The Hall–Kier alpha value is -1.95. The van der Waals surface area contributed by atoms with E-state index in [1.807, 2.05) is 0 Å². The van der Waals surface area contributed by atoms with Crippen molar-refractivity contribution in [2.45, 2.75) is 0 Å². The first-order valence-electron chi connectivity index (χ1n) is 3.79. The van der Waals surface area contributed by atoms with Crippen molar-refractivity contribution in [1.29, 1.82) is 5.41 Å². The zero-order valence-corrected chi connectivity index (χ0v) is 7.23. The van der Waals surface area contributed by atoms with Crippen LogP contribution in [0.3, 0.4) is 0 Å². The number of hydrogen-bond donors (Lipinski definition) is 3. The van der Waals surface area contributed by atoms with Crippen molar-refractivity contribution in [3.8, 4) is 0 Å². The molecule has 0 heterocycles. The number of nitro groups is 1. The zero-order valence-electron chi connectivity index (χ0n) is 7.23. The van der Waals surface area contributed by atoms with E-state index in [1.54, 1.807) is 0 Å². The summed E-state index contributed by atoms with van der Waals surface area (Å²) in [6.07, 6.45) is 0. The monoisotopic (exact) mass is 195 g/mol. The molecule has 1 aromatic rings. The van der Waals surface area contributed by atoms with Gasteiger partial charge < -0.3 is 16.2 Å². The molecule has 0 spiro atoms. The number of hydrogen-bond acceptors (Lipinski definition) is 5. The van der Waals surface area contributed by atoms with E-state index in [0.29, 0.717) is 0 Å². The third kappa shape index (κ3) is 1.86. The summed E-state index contributed by atoms with van der Waals surface area (Å²) in [5.74, 6) is 0. The van der Waals surface area contributed by atoms with Crippen molar-refractivity contribution in [3.05, 3.63) is 33.9 Å². The van der Waals surface area contributed by atoms with Crippen LogP contribution < -0.4 is 5.73 Å². The third-order valence-corrected chi connectivity index (χ3v) is 1.73. The smallest absolute Gasteiger partial charge is 0.270 e. The average Bonchev–Trinajstić information content (AvgIpc) is 2.17. The van der Waals surface area contributed by atoms with E-state index in [-0.39, 0.29) is 22.6 Å². The minimum Gasteiger partial charge on any atom is -0.398 e. The van der Waals surface area contributed by atoms with Crippen molar-refractivity contribution in [1.82, 2.24) is 0 Å². The Morgan fingerprint density at radius 1 is 1.64 bits per heavy atom. The lowest BCUT2D eigenvalue weighted by atomic mass is 10.1. The number of nitrogens with two attached hydrogens (primary N) is 1. The molecule has 0 atom stereocenters. The molecule has 0 unspecified atom stereocenters. The van der Waals surface area contributed by atoms with E-state index < -0.39 is 11.5 Å². The highest BCUT2D eigenvalue weighted by atomic mass is 16.6. The van der Waals surface area contributed by atoms with Gasteiger partial charge in [-0.2, -0.15) is 0 Å². The first-order valence-corrected chi connectivity index (χ1v) is 3.79. The fourth-order valence-corrected chi connectivity index (χ4v) is 1.00. The molecule has 0 saturated carbocycles. The molecule has 0 aromatic heterocycles. The van der Waals surface area contributed by atoms with E-state index >= 15 is 0 Å². The van der Waals surface area contributed by atoms with Gasteiger partial charge in [-0.1, -0.05) is 0 Å². The molecule has 74 valence electrons. The molecule has 0 radical (unpaired) electrons. The summed E-state index contributed by atoms with van der Waals surface area (Å²) in [5.41, 5.74) is 5.65. The van der Waals surface area contributed by atoms with Gasteiger partial charge in [-0.25, -0.2) is 0 Å². The van der Waals surface area contributed by atoms with Crippen molar-refractivity contribution in [3.63, 3.8) is 0 Å². The summed E-state index contributed by atoms with van der Waals surface area (Å²) in [7, 11) is 0. The minimum absolute atomic E-state index is 0.133. The van der Waals surface area contributed by atoms with E-state index in [1.165, 1.54) is 18.2 Å². The molecule has 14 heavy (non-hydrogen) atoms. The van der Waals surface area contributed by atoms with Gasteiger partial charge in [-0.05, 0) is 6.07 Å². The SMILES string of the molecule is N=C(CO)c1cc([N+](=O)[O-])ccc1N. The molecule has 0 aliphatic heterocycles. The predicted molar refractivity (Wildman–Crippen MR) is 51.4 cm³/mol. The molecule has 0 amide bonds. The molecule has 1 rings (SSSR count). The Labute approximate surface area is 79.6 Å². The summed E-state index contributed by atoms with van der Waals surface area (Å²) in [4.78, 5) is 9.83. The maximum absolute atomic E-state index is 10.4. The second-order valence-corrected chi connectivity index (χ2v) is 2.67. The van der Waals surface area contributed by atoms with E-state index in [4.69, 9.17) is 16.2 Å². The Morgan fingerprint density at radius 3 is 2.79 bits per heavy atom. The van der Waals surface area contributed by atoms with Crippen LogP contribution >= 0.6 is 0 Å². The van der Waals surface area contributed by atoms with Crippen LogP contribution in [0.5, 0.6) is 0 Å². The molecule has 1 aromatic carbocycles. The highest BCUT2D eigenvalue weighted by Gasteiger charge is 2.11. The number of non-ortho nitro benzene ring substituents is 1. The maximum Gasteiger partial charge on any atom is 0.270 e. The number of nitrogens with one attached hydrogen (secondary N) is 1. The van der Waals surface area contributed by atoms with E-state index in [2.05, 4.69) is 0 Å². The van der Waals surface area contributed by atoms with Gasteiger partial charge in [0.1, 0.15) is 0 Å². The standard InChI is InChI=1S/C8H9N3O3/c9-7-2-1-5(11(13)14)3-6(7)8(10)4-12/h1-3,10,12H,4,9H2. The molecule has 4 N–H and O–H groups in total. The predicted octanol–water partition coefficient (Wildman–Crippen LogP) is 0.537. The van der Waals surface area contributed by atoms with Crippen LogP contribution in [0.4, 0.5) is 11.4 Å². The summed E-state index contributed by atoms with van der Waals surface area (Å²) in [6, 6.07) is 3.77. The lowest BCUT2D eigenvalue weighted by Gasteiger charge is -2.04. The van der Waals surface area contributed by atoms with Gasteiger partial charge in [0, 0.05) is 23.4 Å². The van der Waals surface area contributed by atoms with Gasteiger partial charge in [0.25, 0.3) is 5.69 Å². The Morgan fingerprint density at radius 2 is 2.29 bits per heavy atom. The number of nitrogen functional groups attached to an aromatic ring is 1. The summed E-state index contributed by atoms with van der Waals surface area (Å²) in [5, 5.41) is 26.4. The van der Waals surface area contributed by atoms with Crippen LogP contribution in [0, 0.1) is 15.5 Å². The Balaban J connectivity index is 3.21. The summed E-state index contributed by atoms with van der Waals surface area (Å²) in [6.45, 7) is -0.495. The third-order valence-electron chi connectivity index (χ3n) is 1.73. The van der Waals surface area contributed by atoms with Crippen LogP contribution in [-0.4, -0.2) is 22.3 Å². The molecule has 0 bridgehead atoms. The number of nitrogens with zero attached hydrogens (tertiary/aromatic N) is 1. The van der Waals surface area contributed by atoms with E-state index in [0.717, 1.165) is 0 Å². The number of aliphatic hydroxyl groups excluding tert-OH is 1. The van der Waals surface area contributed by atoms with Crippen LogP contribution in [0.1, 0.15) is 5.56 Å². The van der Waals surface area contributed by atoms with Crippen LogP contribution in [0.25, 0.3) is 0 Å². The lowest BCUT2D eigenvalue weighted by molar-refractivity contribution is -0.384. The molecule has 0 saturated heterocycles. The average molecular weight is 195 g/mol. The second kappa shape index (κ2) is 3.84. The second-order valence-electron chi connectivity index (χ2n) is 2.67. The zero-order chi connectivity index (χ0) is 10.7. The number of anilines is 1. The van der Waals surface area contributed by atoms with Crippen molar-refractivity contribution in [2.24, 2.45) is 0 Å². The number of aliphatic hydroxyl groups is 1. The fraction of sp³-hybridized carbons (Fsp3) is 0.125. The highest BCUT2D eigenvalue weighted by Crippen LogP contribution is 2.19. The van der Waals surface area contributed by atoms with Gasteiger partial charge in [0.2, 0.25) is 0 Å². The Kier molecular flexibility index (Phi) is 2.78. The number of nitro benzene ring substituents is 1. The molecule has 0 fully saturated rings. The van der Waals surface area contributed by atoms with Gasteiger partial charge in [0.15, 0.2) is 0 Å². The van der Waals surface area contributed by atoms with E-state index in [9.17, 15) is 10.1 Å². The van der Waals surface area contributed by atoms with Gasteiger partial charge in [-0.15, -0.1) is 0 Å². The van der Waals surface area contributed by atoms with Gasteiger partial charge in [-0.3, -0.25) is 10.1 Å². The molecule has 6 heteroatoms. The lowest BCUT2D eigenvalue weighted by Crippen LogP contribution is -2.08. The molecular weight excluding hydrogens is 186 g/mol. The maximum atomic E-state index is 10.4. The number of benzene rings is 1. The van der Waals surface area contributed by atoms with Crippen molar-refractivity contribution < 1.29 is 10.0 Å². The van der Waals surface area contributed by atoms with Crippen molar-refractivity contribution >= 4 is 17.1 Å². The molecular formula is C8H9N3O3. The van der Waals surface area contributed by atoms with Crippen LogP contribution in [-0.2, 0) is 0 Å². The van der Waals surface area contributed by atoms with Gasteiger partial charge >= 0.3 is 0 Å². The molecule has 0 aliphatic rings. The minimum atomic E-state index is -0.576. The summed E-state index contributed by atoms with van der Waals surface area (Å²) < 4.78 is 0. The molecule has 6 nitrogen and oxygen atoms in total. The molecule has 0 aliphatic carbocycles. The van der Waals surface area contributed by atoms with Crippen molar-refractivity contribution in [2.75, 3.05) is 12.3 Å². The topological polar surface area (TPSA) is 113 Å². The number of rotatable bonds is 3. The Bertz CT molecular complexity index is 389. The van der Waals surface area contributed by atoms with Crippen LogP contribution in [0.2, 0.25) is 0 Å². The normalized spacial score (nSPS) is 9.79. The quantitative estimate of drug-likeness (QED) is 0.282. The van der Waals surface area contributed by atoms with Crippen LogP contribution in [0.15, 0.2) is 18.2 Å². The fourth-order valence-electron chi connectivity index (χ4n) is 1.00. The largest absolute Gasteiger partial charge is 0.398 e. The highest BCUT2D eigenvalue weighted by molar-refractivity contribution is 6.03. The first-order chi connectivity index (χ1) is 6.56. The summed E-state index contributed by atoms with van der Waals surface area (Å²) >= 11 is 0. The first kappa shape index (κ1) is 10.1.